The predicted molar refractivity (Wildman–Crippen MR) is 76.2 cm³/mol. The highest BCUT2D eigenvalue weighted by molar-refractivity contribution is 6.70. The first kappa shape index (κ1) is 13.5. The van der Waals surface area contributed by atoms with Crippen molar-refractivity contribution in [3.05, 3.63) is 23.5 Å². The average molecular weight is 275 g/mol. The van der Waals surface area contributed by atoms with Crippen LogP contribution in [0.2, 0.25) is 19.6 Å². The van der Waals surface area contributed by atoms with Crippen LogP contribution in [0.5, 0.6) is 11.7 Å². The molecule has 1 heterocycles. The Hall–Kier alpha value is -1.93. The molecule has 0 aliphatic heterocycles. The molecule has 0 unspecified atom stereocenters. The number of aryl methyl sites for hydroxylation is 1. The fourth-order valence-electron chi connectivity index (χ4n) is 1.90. The number of ether oxygens (including phenoxy) is 1. The van der Waals surface area contributed by atoms with Crippen molar-refractivity contribution in [2.75, 3.05) is 7.11 Å². The Morgan fingerprint density at radius 3 is 2.42 bits per heavy atom. The van der Waals surface area contributed by atoms with Gasteiger partial charge in [0.15, 0.2) is 0 Å². The van der Waals surface area contributed by atoms with Crippen molar-refractivity contribution in [1.29, 1.82) is 5.26 Å². The van der Waals surface area contributed by atoms with Crippen LogP contribution in [-0.4, -0.2) is 15.4 Å². The molecule has 4 nitrogen and oxygen atoms in total. The Morgan fingerprint density at radius 2 is 1.89 bits per heavy atom. The molecular formula is C14H17NO3Si. The number of hydrogen-bond acceptors (Lipinski definition) is 4. The largest absolute Gasteiger partial charge is 0.519 e. The van der Waals surface area contributed by atoms with Crippen molar-refractivity contribution in [2.24, 2.45) is 0 Å². The second kappa shape index (κ2) is 4.63. The van der Waals surface area contributed by atoms with Crippen molar-refractivity contribution in [3.63, 3.8) is 0 Å². The minimum Gasteiger partial charge on any atom is -0.519 e. The molecule has 0 aliphatic rings. The van der Waals surface area contributed by atoms with Gasteiger partial charge >= 0.3 is 0 Å². The molecule has 0 amide bonds. The fraction of sp³-hybridized carbons (Fsp3) is 0.357. The lowest BCUT2D eigenvalue weighted by atomic mass is 10.1. The molecular weight excluding hydrogens is 258 g/mol. The smallest absolute Gasteiger partial charge is 0.279 e. The average Bonchev–Trinajstić information content (AvgIpc) is 2.63. The lowest BCUT2D eigenvalue weighted by Crippen LogP contribution is -2.29. The molecule has 0 saturated carbocycles. The first-order chi connectivity index (χ1) is 8.85. The van der Waals surface area contributed by atoms with E-state index >= 15 is 0 Å². The summed E-state index contributed by atoms with van der Waals surface area (Å²) in [7, 11) is -0.178. The lowest BCUT2D eigenvalue weighted by Gasteiger charge is -2.16. The zero-order valence-corrected chi connectivity index (χ0v) is 12.8. The Bertz CT molecular complexity index is 662. The molecule has 100 valence electrons. The van der Waals surface area contributed by atoms with Crippen LogP contribution in [0.25, 0.3) is 10.8 Å². The molecule has 0 bridgehead atoms. The summed E-state index contributed by atoms with van der Waals surface area (Å²) in [6.45, 7) is 8.17. The van der Waals surface area contributed by atoms with Gasteiger partial charge in [-0.25, -0.2) is 0 Å². The van der Waals surface area contributed by atoms with Crippen molar-refractivity contribution in [2.45, 2.75) is 26.6 Å². The van der Waals surface area contributed by atoms with Gasteiger partial charge in [-0.2, -0.15) is 5.26 Å². The third kappa shape index (κ3) is 2.59. The third-order valence-electron chi connectivity index (χ3n) is 2.69. The molecule has 5 heteroatoms. The van der Waals surface area contributed by atoms with E-state index in [1.54, 1.807) is 7.11 Å². The number of rotatable bonds is 3. The van der Waals surface area contributed by atoms with Gasteiger partial charge in [0.05, 0.1) is 12.5 Å². The van der Waals surface area contributed by atoms with Crippen LogP contribution in [0.15, 0.2) is 16.5 Å². The van der Waals surface area contributed by atoms with Crippen LogP contribution in [0, 0.1) is 18.3 Å². The summed E-state index contributed by atoms with van der Waals surface area (Å²) in [4.78, 5) is 0. The van der Waals surface area contributed by atoms with E-state index in [1.165, 1.54) is 0 Å². The molecule has 1 aromatic heterocycles. The number of benzene rings is 1. The van der Waals surface area contributed by atoms with Crippen LogP contribution < -0.4 is 9.16 Å². The number of nitrogens with zero attached hydrogens (tertiary/aromatic N) is 1. The molecule has 0 fully saturated rings. The molecule has 0 spiro atoms. The van der Waals surface area contributed by atoms with E-state index in [2.05, 4.69) is 25.7 Å². The van der Waals surface area contributed by atoms with Gasteiger partial charge in [0, 0.05) is 5.39 Å². The van der Waals surface area contributed by atoms with Crippen LogP contribution in [0.1, 0.15) is 11.3 Å². The quantitative estimate of drug-likeness (QED) is 0.799. The topological polar surface area (TPSA) is 55.4 Å². The molecule has 0 aliphatic carbocycles. The molecule has 0 atom stereocenters. The van der Waals surface area contributed by atoms with E-state index in [1.807, 2.05) is 19.1 Å². The summed E-state index contributed by atoms with van der Waals surface area (Å²) in [5, 5.41) is 10.7. The summed E-state index contributed by atoms with van der Waals surface area (Å²) in [6, 6.07) is 5.82. The van der Waals surface area contributed by atoms with Crippen molar-refractivity contribution < 1.29 is 13.6 Å². The molecule has 2 rings (SSSR count). The van der Waals surface area contributed by atoms with Crippen LogP contribution in [0.3, 0.4) is 0 Å². The minimum atomic E-state index is -1.79. The van der Waals surface area contributed by atoms with Gasteiger partial charge in [-0.3, -0.25) is 0 Å². The second-order valence-corrected chi connectivity index (χ2v) is 9.84. The van der Waals surface area contributed by atoms with E-state index < -0.39 is 8.32 Å². The fourth-order valence-corrected chi connectivity index (χ4v) is 2.61. The molecule has 0 N–H and O–H groups in total. The van der Waals surface area contributed by atoms with E-state index in [0.29, 0.717) is 5.95 Å². The zero-order chi connectivity index (χ0) is 14.2. The Morgan fingerprint density at radius 1 is 1.21 bits per heavy atom. The molecule has 19 heavy (non-hydrogen) atoms. The molecule has 0 saturated heterocycles. The van der Waals surface area contributed by atoms with Crippen LogP contribution in [0.4, 0.5) is 0 Å². The maximum absolute atomic E-state index is 9.15. The minimum absolute atomic E-state index is 0.265. The maximum Gasteiger partial charge on any atom is 0.279 e. The highest BCUT2D eigenvalue weighted by Crippen LogP contribution is 2.37. The van der Waals surface area contributed by atoms with Gasteiger partial charge < -0.3 is 13.6 Å². The highest BCUT2D eigenvalue weighted by atomic mass is 28.4. The van der Waals surface area contributed by atoms with Crippen molar-refractivity contribution >= 4 is 19.1 Å². The van der Waals surface area contributed by atoms with Crippen molar-refractivity contribution in [1.82, 2.24) is 0 Å². The van der Waals surface area contributed by atoms with E-state index in [-0.39, 0.29) is 5.76 Å². The lowest BCUT2D eigenvalue weighted by molar-refractivity contribution is 0.386. The van der Waals surface area contributed by atoms with Gasteiger partial charge in [-0.05, 0) is 44.3 Å². The third-order valence-corrected chi connectivity index (χ3v) is 3.49. The van der Waals surface area contributed by atoms with Gasteiger partial charge in [0.2, 0.25) is 14.1 Å². The number of methoxy groups -OCH3 is 1. The van der Waals surface area contributed by atoms with Gasteiger partial charge in [-0.15, -0.1) is 0 Å². The van der Waals surface area contributed by atoms with E-state index in [9.17, 15) is 0 Å². The van der Waals surface area contributed by atoms with Gasteiger partial charge in [-0.1, -0.05) is 0 Å². The Balaban J connectivity index is 2.68. The van der Waals surface area contributed by atoms with Gasteiger partial charge in [0.1, 0.15) is 11.8 Å². The summed E-state index contributed by atoms with van der Waals surface area (Å²) in [5.41, 5.74) is 0.987. The Kier molecular flexibility index (Phi) is 3.29. The first-order valence-electron chi connectivity index (χ1n) is 6.06. The number of fused-ring (bicyclic) bond motifs is 1. The Labute approximate surface area is 113 Å². The number of nitriles is 1. The number of furan rings is 1. The summed E-state index contributed by atoms with van der Waals surface area (Å²) in [5.74, 6) is 1.45. The SMILES string of the molecule is COc1cc2c(C#N)oc(O[Si](C)(C)C)c2cc1C. The summed E-state index contributed by atoms with van der Waals surface area (Å²) < 4.78 is 16.7. The van der Waals surface area contributed by atoms with Crippen LogP contribution in [-0.2, 0) is 0 Å². The normalized spacial score (nSPS) is 11.4. The maximum atomic E-state index is 9.15. The van der Waals surface area contributed by atoms with Crippen molar-refractivity contribution in [3.8, 4) is 17.8 Å². The first-order valence-corrected chi connectivity index (χ1v) is 9.47. The summed E-state index contributed by atoms with van der Waals surface area (Å²) in [6.07, 6.45) is 0. The number of hydrogen-bond donors (Lipinski definition) is 0. The second-order valence-electron chi connectivity index (χ2n) is 5.41. The zero-order valence-electron chi connectivity index (χ0n) is 11.8. The van der Waals surface area contributed by atoms with E-state index in [4.69, 9.17) is 18.8 Å². The van der Waals surface area contributed by atoms with E-state index in [0.717, 1.165) is 22.1 Å². The highest BCUT2D eigenvalue weighted by Gasteiger charge is 2.23. The standard InChI is InChI=1S/C14H17NO3Si/c1-9-6-11-10(7-12(9)16-2)13(8-15)17-14(11)18-19(3,4)5/h6-7H,1-5H3. The van der Waals surface area contributed by atoms with Gasteiger partial charge in [0.25, 0.3) is 5.95 Å². The molecule has 1 aromatic carbocycles. The predicted octanol–water partition coefficient (Wildman–Crippen LogP) is 3.84. The van der Waals surface area contributed by atoms with Crippen LogP contribution >= 0.6 is 0 Å². The summed E-state index contributed by atoms with van der Waals surface area (Å²) >= 11 is 0. The monoisotopic (exact) mass is 275 g/mol. The molecule has 0 radical (unpaired) electrons. The molecule has 2 aromatic rings.